The minimum Gasteiger partial charge on any atom is -0.804 e. The molecule has 4 heteroatoms. The first-order valence-electron chi connectivity index (χ1n) is 4.61. The number of hydrogen-bond donors (Lipinski definition) is 2. The van der Waals surface area contributed by atoms with Gasteiger partial charge in [0.15, 0.2) is 0 Å². The number of nitrogens with one attached hydrogen (secondary N) is 1. The highest BCUT2D eigenvalue weighted by molar-refractivity contribution is 5.16. The molecule has 14 heavy (non-hydrogen) atoms. The molecule has 1 saturated heterocycles. The fourth-order valence-electron chi connectivity index (χ4n) is 1.60. The lowest BCUT2D eigenvalue weighted by Crippen LogP contribution is -2.62. The van der Waals surface area contributed by atoms with Gasteiger partial charge in [0.05, 0.1) is 6.61 Å². The number of rotatable bonds is 2. The summed E-state index contributed by atoms with van der Waals surface area (Å²) in [5.41, 5.74) is 6.41. The Hall–Kier alpha value is -0.940. The molecule has 1 heterocycles. The largest absolute Gasteiger partial charge is 0.804 e. The maximum Gasteiger partial charge on any atom is 0.101 e. The first kappa shape index (κ1) is 9.61. The summed E-state index contributed by atoms with van der Waals surface area (Å²) in [5, 5.41) is 13.8. The number of benzene rings is 1. The van der Waals surface area contributed by atoms with Crippen LogP contribution in [0, 0.1) is 0 Å². The third kappa shape index (κ3) is 2.30. The van der Waals surface area contributed by atoms with Crippen LogP contribution in [0.5, 0.6) is 0 Å². The van der Waals surface area contributed by atoms with E-state index in [1.54, 1.807) is 0 Å². The van der Waals surface area contributed by atoms with Gasteiger partial charge in [0.2, 0.25) is 0 Å². The Kier molecular flexibility index (Phi) is 2.52. The predicted octanol–water partition coefficient (Wildman–Crippen LogP) is -0.852. The Labute approximate surface area is 82.7 Å². The monoisotopic (exact) mass is 193 g/mol. The van der Waals surface area contributed by atoms with Crippen molar-refractivity contribution in [2.45, 2.75) is 18.5 Å². The molecule has 0 amide bonds. The molecule has 1 aliphatic rings. The molecule has 2 unspecified atom stereocenters. The second-order valence-electron chi connectivity index (χ2n) is 3.51. The van der Waals surface area contributed by atoms with Crippen molar-refractivity contribution in [2.75, 3.05) is 6.61 Å². The van der Waals surface area contributed by atoms with Crippen molar-refractivity contribution in [1.82, 2.24) is 5.32 Å². The summed E-state index contributed by atoms with van der Waals surface area (Å²) in [6.07, 6.45) is 0.766. The van der Waals surface area contributed by atoms with Gasteiger partial charge in [-0.1, -0.05) is 30.3 Å². The SMILES string of the molecule is NC1([O-])NC(Cc2ccccc2)CO1. The van der Waals surface area contributed by atoms with Crippen LogP contribution in [0.25, 0.3) is 0 Å². The van der Waals surface area contributed by atoms with E-state index in [-0.39, 0.29) is 6.04 Å². The number of ether oxygens (including phenoxy) is 1. The molecule has 0 aliphatic carbocycles. The van der Waals surface area contributed by atoms with Gasteiger partial charge in [-0.05, 0) is 12.0 Å². The van der Waals surface area contributed by atoms with E-state index in [0.717, 1.165) is 6.42 Å². The molecule has 76 valence electrons. The maximum atomic E-state index is 11.1. The number of hydrogen-bond acceptors (Lipinski definition) is 4. The van der Waals surface area contributed by atoms with Gasteiger partial charge in [0, 0.05) is 6.04 Å². The summed E-state index contributed by atoms with van der Waals surface area (Å²) in [6, 6.07) is 8.05. The molecule has 0 radical (unpaired) electrons. The first-order valence-corrected chi connectivity index (χ1v) is 4.61. The molecular weight excluding hydrogens is 180 g/mol. The maximum absolute atomic E-state index is 11.1. The van der Waals surface area contributed by atoms with Crippen molar-refractivity contribution in [3.8, 4) is 0 Å². The molecule has 1 aliphatic heterocycles. The minimum absolute atomic E-state index is 0.0138. The van der Waals surface area contributed by atoms with Crippen LogP contribution < -0.4 is 16.2 Å². The van der Waals surface area contributed by atoms with E-state index in [2.05, 4.69) is 5.32 Å². The lowest BCUT2D eigenvalue weighted by atomic mass is 10.1. The molecule has 3 N–H and O–H groups in total. The summed E-state index contributed by atoms with van der Waals surface area (Å²) < 4.78 is 4.84. The van der Waals surface area contributed by atoms with Crippen molar-refractivity contribution in [2.24, 2.45) is 5.73 Å². The molecule has 0 saturated carbocycles. The molecular formula is C10H13N2O2-. The number of nitrogens with two attached hydrogens (primary N) is 1. The first-order chi connectivity index (χ1) is 6.66. The molecule has 0 aromatic heterocycles. The van der Waals surface area contributed by atoms with Crippen LogP contribution in [-0.4, -0.2) is 18.7 Å². The van der Waals surface area contributed by atoms with Gasteiger partial charge in [-0.3, -0.25) is 5.32 Å². The molecule has 4 nitrogen and oxygen atoms in total. The average molecular weight is 193 g/mol. The van der Waals surface area contributed by atoms with Gasteiger partial charge in [-0.2, -0.15) is 0 Å². The van der Waals surface area contributed by atoms with Gasteiger partial charge in [0.25, 0.3) is 0 Å². The summed E-state index contributed by atoms with van der Waals surface area (Å²) in [6.45, 7) is 0.370. The highest BCUT2D eigenvalue weighted by atomic mass is 16.7. The van der Waals surface area contributed by atoms with Crippen LogP contribution in [0.1, 0.15) is 5.56 Å². The van der Waals surface area contributed by atoms with Crippen LogP contribution >= 0.6 is 0 Å². The van der Waals surface area contributed by atoms with Crippen molar-refractivity contribution in [3.63, 3.8) is 0 Å². The molecule has 0 spiro atoms. The van der Waals surface area contributed by atoms with Crippen molar-refractivity contribution in [3.05, 3.63) is 35.9 Å². The van der Waals surface area contributed by atoms with E-state index < -0.39 is 6.03 Å². The molecule has 1 fully saturated rings. The summed E-state index contributed by atoms with van der Waals surface area (Å²) in [7, 11) is 0. The Balaban J connectivity index is 1.94. The second-order valence-corrected chi connectivity index (χ2v) is 3.51. The van der Waals surface area contributed by atoms with E-state index in [1.807, 2.05) is 30.3 Å². The lowest BCUT2D eigenvalue weighted by molar-refractivity contribution is -0.553. The minimum atomic E-state index is -1.90. The van der Waals surface area contributed by atoms with E-state index in [4.69, 9.17) is 10.5 Å². The smallest absolute Gasteiger partial charge is 0.101 e. The predicted molar refractivity (Wildman–Crippen MR) is 49.9 cm³/mol. The van der Waals surface area contributed by atoms with Crippen LogP contribution in [0.3, 0.4) is 0 Å². The van der Waals surface area contributed by atoms with Gasteiger partial charge in [-0.15, -0.1) is 0 Å². The highest BCUT2D eigenvalue weighted by Crippen LogP contribution is 2.10. The van der Waals surface area contributed by atoms with Gasteiger partial charge < -0.3 is 15.6 Å². The quantitative estimate of drug-likeness (QED) is 0.600. The highest BCUT2D eigenvalue weighted by Gasteiger charge is 2.25. The van der Waals surface area contributed by atoms with Crippen LogP contribution in [0.15, 0.2) is 30.3 Å². The Morgan fingerprint density at radius 3 is 2.79 bits per heavy atom. The van der Waals surface area contributed by atoms with Crippen LogP contribution in [0.4, 0.5) is 0 Å². The van der Waals surface area contributed by atoms with E-state index in [0.29, 0.717) is 6.61 Å². The van der Waals surface area contributed by atoms with Gasteiger partial charge in [0.1, 0.15) is 6.03 Å². The van der Waals surface area contributed by atoms with Gasteiger partial charge in [-0.25, -0.2) is 0 Å². The Bertz CT molecular complexity index is 300. The summed E-state index contributed by atoms with van der Waals surface area (Å²) >= 11 is 0. The lowest BCUT2D eigenvalue weighted by Gasteiger charge is -2.30. The van der Waals surface area contributed by atoms with Crippen molar-refractivity contribution in [1.29, 1.82) is 0 Å². The summed E-state index contributed by atoms with van der Waals surface area (Å²) in [5.74, 6) is 0. The zero-order chi connectivity index (χ0) is 10.0. The van der Waals surface area contributed by atoms with E-state index in [9.17, 15) is 5.11 Å². The Morgan fingerprint density at radius 2 is 2.21 bits per heavy atom. The normalized spacial score (nSPS) is 32.0. The average Bonchev–Trinajstić information content (AvgIpc) is 2.47. The van der Waals surface area contributed by atoms with Crippen LogP contribution in [-0.2, 0) is 11.2 Å². The fourth-order valence-corrected chi connectivity index (χ4v) is 1.60. The standard InChI is InChI=1S/C10H13N2O2/c11-10(13)12-9(7-14-10)6-8-4-2-1-3-5-8/h1-5,9,12H,6-7,11H2/q-1. The third-order valence-corrected chi connectivity index (χ3v) is 2.23. The molecule has 2 atom stereocenters. The third-order valence-electron chi connectivity index (χ3n) is 2.23. The zero-order valence-corrected chi connectivity index (χ0v) is 7.77. The molecule has 1 aromatic carbocycles. The topological polar surface area (TPSA) is 70.3 Å². The molecule has 2 rings (SSSR count). The summed E-state index contributed by atoms with van der Waals surface area (Å²) in [4.78, 5) is 0. The second kappa shape index (κ2) is 3.67. The fraction of sp³-hybridized carbons (Fsp3) is 0.400. The van der Waals surface area contributed by atoms with Crippen LogP contribution in [0.2, 0.25) is 0 Å². The zero-order valence-electron chi connectivity index (χ0n) is 7.77. The van der Waals surface area contributed by atoms with E-state index >= 15 is 0 Å². The van der Waals surface area contributed by atoms with Crippen molar-refractivity contribution < 1.29 is 9.84 Å². The Morgan fingerprint density at radius 1 is 1.50 bits per heavy atom. The van der Waals surface area contributed by atoms with Gasteiger partial charge >= 0.3 is 0 Å². The van der Waals surface area contributed by atoms with E-state index in [1.165, 1.54) is 5.56 Å². The van der Waals surface area contributed by atoms with Crippen molar-refractivity contribution >= 4 is 0 Å². The molecule has 0 bridgehead atoms. The molecule has 1 aromatic rings.